The van der Waals surface area contributed by atoms with Crippen LogP contribution in [-0.4, -0.2) is 29.5 Å². The fourth-order valence-corrected chi connectivity index (χ4v) is 7.33. The summed E-state index contributed by atoms with van der Waals surface area (Å²) in [4.78, 5) is 26.7. The van der Waals surface area contributed by atoms with Crippen molar-refractivity contribution in [2.75, 3.05) is 0 Å². The fraction of sp³-hybridized carbons (Fsp3) is 0.560. The van der Waals surface area contributed by atoms with Crippen LogP contribution in [-0.2, 0) is 6.54 Å². The van der Waals surface area contributed by atoms with Gasteiger partial charge in [-0.2, -0.15) is 0 Å². The molecule has 6 rings (SSSR count). The standard InChI is InChI=1S/C25H30ClN5OS/c1-15-5-2-3-8-20(15)31-22-19-9-10-27-23(19)28-12-21(22)30(25(31)32)13-18-14-33-24(29-18)16-6-4-7-17(26)11-16/h9-10,12,14-17,20H,2-8,11,13H2,1H3,(H,27,28)/t15?,16?,17?,20-/m0/s1. The van der Waals surface area contributed by atoms with Gasteiger partial charge in [-0.3, -0.25) is 9.13 Å². The lowest BCUT2D eigenvalue weighted by molar-refractivity contribution is 0.256. The number of fused-ring (bicyclic) bond motifs is 3. The first-order valence-electron chi connectivity index (χ1n) is 12.3. The molecule has 8 heteroatoms. The van der Waals surface area contributed by atoms with E-state index >= 15 is 0 Å². The Kier molecular flexibility index (Phi) is 5.57. The third-order valence-corrected chi connectivity index (χ3v) is 9.21. The monoisotopic (exact) mass is 483 g/mol. The molecule has 0 aliphatic heterocycles. The van der Waals surface area contributed by atoms with Crippen molar-refractivity contribution in [2.45, 2.75) is 82.2 Å². The molecule has 0 radical (unpaired) electrons. The number of pyridine rings is 1. The van der Waals surface area contributed by atoms with E-state index in [0.717, 1.165) is 53.4 Å². The number of nitrogens with one attached hydrogen (secondary N) is 1. The summed E-state index contributed by atoms with van der Waals surface area (Å²) in [6, 6.07) is 2.27. The highest BCUT2D eigenvalue weighted by Crippen LogP contribution is 2.38. The minimum atomic E-state index is 0.0623. The molecule has 2 fully saturated rings. The van der Waals surface area contributed by atoms with E-state index in [1.165, 1.54) is 30.7 Å². The van der Waals surface area contributed by atoms with Crippen LogP contribution in [0.25, 0.3) is 22.1 Å². The highest BCUT2D eigenvalue weighted by molar-refractivity contribution is 7.09. The van der Waals surface area contributed by atoms with Crippen LogP contribution in [0.3, 0.4) is 0 Å². The second kappa shape index (κ2) is 8.58. The number of rotatable bonds is 4. The predicted molar refractivity (Wildman–Crippen MR) is 135 cm³/mol. The normalized spacial score (nSPS) is 26.4. The number of imidazole rings is 1. The van der Waals surface area contributed by atoms with Crippen LogP contribution in [0, 0.1) is 5.92 Å². The molecule has 6 nitrogen and oxygen atoms in total. The predicted octanol–water partition coefficient (Wildman–Crippen LogP) is 6.20. The van der Waals surface area contributed by atoms with Gasteiger partial charge in [-0.05, 0) is 44.1 Å². The number of halogens is 1. The minimum absolute atomic E-state index is 0.0623. The van der Waals surface area contributed by atoms with Crippen molar-refractivity contribution in [1.29, 1.82) is 0 Å². The lowest BCUT2D eigenvalue weighted by atomic mass is 9.85. The third-order valence-electron chi connectivity index (χ3n) is 7.75. The number of thiazole rings is 1. The van der Waals surface area contributed by atoms with E-state index in [9.17, 15) is 4.79 Å². The molecule has 2 aliphatic rings. The molecule has 0 saturated heterocycles. The summed E-state index contributed by atoms with van der Waals surface area (Å²) in [6.07, 6.45) is 12.8. The highest BCUT2D eigenvalue weighted by Gasteiger charge is 2.29. The van der Waals surface area contributed by atoms with Crippen LogP contribution in [0.1, 0.15) is 81.0 Å². The number of hydrogen-bond donors (Lipinski definition) is 1. The second-order valence-corrected chi connectivity index (χ2v) is 11.4. The van der Waals surface area contributed by atoms with Crippen LogP contribution in [0.15, 0.2) is 28.6 Å². The third kappa shape index (κ3) is 3.73. The lowest BCUT2D eigenvalue weighted by Crippen LogP contribution is -2.32. The first kappa shape index (κ1) is 21.4. The van der Waals surface area contributed by atoms with Crippen molar-refractivity contribution < 1.29 is 0 Å². The summed E-state index contributed by atoms with van der Waals surface area (Å²) in [7, 11) is 0. The van der Waals surface area contributed by atoms with Crippen LogP contribution < -0.4 is 5.69 Å². The molecule has 33 heavy (non-hydrogen) atoms. The van der Waals surface area contributed by atoms with Crippen molar-refractivity contribution in [2.24, 2.45) is 5.92 Å². The van der Waals surface area contributed by atoms with E-state index < -0.39 is 0 Å². The maximum Gasteiger partial charge on any atom is 0.329 e. The number of hydrogen-bond acceptors (Lipinski definition) is 4. The molecule has 4 heterocycles. The molecule has 0 bridgehead atoms. The quantitative estimate of drug-likeness (QED) is 0.351. The Bertz CT molecular complexity index is 1350. The Labute approximate surface area is 202 Å². The molecule has 3 unspecified atom stereocenters. The van der Waals surface area contributed by atoms with Crippen LogP contribution >= 0.6 is 22.9 Å². The maximum atomic E-state index is 13.9. The van der Waals surface area contributed by atoms with Gasteiger partial charge >= 0.3 is 5.69 Å². The smallest absolute Gasteiger partial charge is 0.329 e. The van der Waals surface area contributed by atoms with Gasteiger partial charge in [0, 0.05) is 34.3 Å². The van der Waals surface area contributed by atoms with Gasteiger partial charge in [0.2, 0.25) is 0 Å². The van der Waals surface area contributed by atoms with E-state index in [-0.39, 0.29) is 17.1 Å². The first-order chi connectivity index (χ1) is 16.1. The molecular weight excluding hydrogens is 454 g/mol. The zero-order chi connectivity index (χ0) is 22.5. The SMILES string of the molecule is CC1CCCC[C@@H]1n1c(=O)n(Cc2csc(C3CCCC(Cl)C3)n2)c2cnc3[nH]ccc3c21. The maximum absolute atomic E-state index is 13.9. The number of nitrogens with zero attached hydrogens (tertiary/aromatic N) is 4. The van der Waals surface area contributed by atoms with Crippen molar-refractivity contribution in [1.82, 2.24) is 24.1 Å². The summed E-state index contributed by atoms with van der Waals surface area (Å²) in [5, 5.41) is 4.56. The summed E-state index contributed by atoms with van der Waals surface area (Å²) < 4.78 is 3.96. The van der Waals surface area contributed by atoms with E-state index in [1.807, 2.05) is 23.0 Å². The Morgan fingerprint density at radius 1 is 1.21 bits per heavy atom. The first-order valence-corrected chi connectivity index (χ1v) is 13.6. The molecule has 4 aromatic rings. The largest absolute Gasteiger partial charge is 0.346 e. The molecule has 4 atom stereocenters. The average molecular weight is 484 g/mol. The van der Waals surface area contributed by atoms with Gasteiger partial charge in [-0.1, -0.05) is 26.2 Å². The van der Waals surface area contributed by atoms with E-state index in [0.29, 0.717) is 18.4 Å². The topological polar surface area (TPSA) is 68.5 Å². The molecule has 174 valence electrons. The molecule has 1 N–H and O–H groups in total. The van der Waals surface area contributed by atoms with Crippen LogP contribution in [0.5, 0.6) is 0 Å². The van der Waals surface area contributed by atoms with Gasteiger partial charge in [-0.25, -0.2) is 14.8 Å². The number of aromatic nitrogens is 5. The van der Waals surface area contributed by atoms with Crippen molar-refractivity contribution in [3.8, 4) is 0 Å². The van der Waals surface area contributed by atoms with Gasteiger partial charge in [0.1, 0.15) is 5.65 Å². The number of aromatic amines is 1. The number of alkyl halides is 1. The summed E-state index contributed by atoms with van der Waals surface area (Å²) >= 11 is 8.14. The van der Waals surface area contributed by atoms with Gasteiger partial charge in [-0.15, -0.1) is 22.9 Å². The van der Waals surface area contributed by atoms with E-state index in [1.54, 1.807) is 11.3 Å². The lowest BCUT2D eigenvalue weighted by Gasteiger charge is -2.29. The summed E-state index contributed by atoms with van der Waals surface area (Å²) in [5.74, 6) is 0.931. The average Bonchev–Trinajstić information content (AvgIpc) is 3.53. The highest BCUT2D eigenvalue weighted by atomic mass is 35.5. The van der Waals surface area contributed by atoms with Gasteiger partial charge < -0.3 is 4.98 Å². The molecule has 4 aromatic heterocycles. The van der Waals surface area contributed by atoms with E-state index in [4.69, 9.17) is 16.6 Å². The van der Waals surface area contributed by atoms with Crippen molar-refractivity contribution >= 4 is 45.0 Å². The molecule has 2 saturated carbocycles. The van der Waals surface area contributed by atoms with Crippen molar-refractivity contribution in [3.63, 3.8) is 0 Å². The van der Waals surface area contributed by atoms with E-state index in [2.05, 4.69) is 26.8 Å². The molecule has 0 amide bonds. The Morgan fingerprint density at radius 2 is 2.09 bits per heavy atom. The number of H-pyrrole nitrogens is 1. The van der Waals surface area contributed by atoms with Crippen LogP contribution in [0.4, 0.5) is 0 Å². The van der Waals surface area contributed by atoms with Crippen molar-refractivity contribution in [3.05, 3.63) is 45.0 Å². The zero-order valence-electron chi connectivity index (χ0n) is 19.0. The summed E-state index contributed by atoms with van der Waals surface area (Å²) in [6.45, 7) is 2.77. The zero-order valence-corrected chi connectivity index (χ0v) is 20.5. The Balaban J connectivity index is 1.43. The van der Waals surface area contributed by atoms with Gasteiger partial charge in [0.15, 0.2) is 0 Å². The Hall–Kier alpha value is -2.12. The van der Waals surface area contributed by atoms with Gasteiger partial charge in [0.05, 0.1) is 34.5 Å². The minimum Gasteiger partial charge on any atom is -0.346 e. The molecule has 2 aliphatic carbocycles. The van der Waals surface area contributed by atoms with Gasteiger partial charge in [0.25, 0.3) is 0 Å². The molecule has 0 aromatic carbocycles. The Morgan fingerprint density at radius 3 is 2.94 bits per heavy atom. The molecular formula is C25H30ClN5OS. The fourth-order valence-electron chi connectivity index (χ4n) is 6.00. The van der Waals surface area contributed by atoms with Crippen LogP contribution in [0.2, 0.25) is 0 Å². The summed E-state index contributed by atoms with van der Waals surface area (Å²) in [5.41, 5.74) is 3.77. The second-order valence-electron chi connectivity index (χ2n) is 9.94. The molecule has 0 spiro atoms.